The molecule has 20 heavy (non-hydrogen) atoms. The highest BCUT2D eigenvalue weighted by molar-refractivity contribution is 5.13. The fourth-order valence-corrected chi connectivity index (χ4v) is 1.80. The van der Waals surface area contributed by atoms with Gasteiger partial charge < -0.3 is 9.88 Å². The van der Waals surface area contributed by atoms with Gasteiger partial charge in [0.05, 0.1) is 5.56 Å². The zero-order chi connectivity index (χ0) is 15.2. The summed E-state index contributed by atoms with van der Waals surface area (Å²) in [5, 5.41) is 3.25. The van der Waals surface area contributed by atoms with Crippen molar-refractivity contribution in [1.29, 1.82) is 0 Å². The van der Waals surface area contributed by atoms with Crippen molar-refractivity contribution in [2.75, 3.05) is 13.1 Å². The first kappa shape index (κ1) is 16.8. The maximum atomic E-state index is 12.5. The van der Waals surface area contributed by atoms with E-state index in [0.717, 1.165) is 42.4 Å². The lowest BCUT2D eigenvalue weighted by molar-refractivity contribution is -0.138. The fourth-order valence-electron chi connectivity index (χ4n) is 1.80. The summed E-state index contributed by atoms with van der Waals surface area (Å²) >= 11 is 0. The minimum Gasteiger partial charge on any atom is -0.316 e. The van der Waals surface area contributed by atoms with Gasteiger partial charge in [-0.3, -0.25) is 4.79 Å². The van der Waals surface area contributed by atoms with E-state index in [-0.39, 0.29) is 0 Å². The van der Waals surface area contributed by atoms with Crippen LogP contribution in [0.15, 0.2) is 23.1 Å². The molecule has 1 rings (SSSR count). The van der Waals surface area contributed by atoms with Crippen LogP contribution < -0.4 is 10.9 Å². The van der Waals surface area contributed by atoms with E-state index in [1.165, 1.54) is 0 Å². The molecule has 0 saturated heterocycles. The molecule has 0 aliphatic heterocycles. The highest BCUT2D eigenvalue weighted by Gasteiger charge is 2.30. The van der Waals surface area contributed by atoms with Crippen LogP contribution in [-0.2, 0) is 12.7 Å². The summed E-state index contributed by atoms with van der Waals surface area (Å²) in [6.45, 7) is 6.26. The Morgan fingerprint density at radius 1 is 1.25 bits per heavy atom. The molecule has 0 unspecified atom stereocenters. The van der Waals surface area contributed by atoms with Crippen molar-refractivity contribution in [3.8, 4) is 0 Å². The molecule has 114 valence electrons. The summed E-state index contributed by atoms with van der Waals surface area (Å²) in [7, 11) is 0. The van der Waals surface area contributed by atoms with Crippen LogP contribution in [0.3, 0.4) is 0 Å². The maximum Gasteiger partial charge on any atom is 0.417 e. The summed E-state index contributed by atoms with van der Waals surface area (Å²) in [5.41, 5.74) is -1.18. The summed E-state index contributed by atoms with van der Waals surface area (Å²) in [6, 6.07) is 1.79. The molecular weight excluding hydrogens is 269 g/mol. The predicted molar refractivity (Wildman–Crippen MR) is 72.6 cm³/mol. The number of hydrogen-bond acceptors (Lipinski definition) is 2. The quantitative estimate of drug-likeness (QED) is 0.783. The molecule has 1 aromatic heterocycles. The van der Waals surface area contributed by atoms with E-state index < -0.39 is 17.3 Å². The molecule has 0 bridgehead atoms. The van der Waals surface area contributed by atoms with Gasteiger partial charge in [0.1, 0.15) is 0 Å². The smallest absolute Gasteiger partial charge is 0.316 e. The van der Waals surface area contributed by atoms with Gasteiger partial charge in [-0.15, -0.1) is 0 Å². The lowest BCUT2D eigenvalue weighted by Crippen LogP contribution is -2.23. The molecule has 1 heterocycles. The normalized spacial score (nSPS) is 12.1. The van der Waals surface area contributed by atoms with Crippen molar-refractivity contribution in [3.63, 3.8) is 0 Å². The summed E-state index contributed by atoms with van der Waals surface area (Å²) < 4.78 is 38.7. The van der Waals surface area contributed by atoms with Crippen LogP contribution in [0.2, 0.25) is 0 Å². The number of nitrogens with one attached hydrogen (secondary N) is 1. The molecule has 1 N–H and O–H groups in total. The Hall–Kier alpha value is -1.30. The molecule has 0 aliphatic rings. The topological polar surface area (TPSA) is 34.0 Å². The highest BCUT2D eigenvalue weighted by atomic mass is 19.4. The van der Waals surface area contributed by atoms with E-state index >= 15 is 0 Å². The van der Waals surface area contributed by atoms with Gasteiger partial charge in [0.2, 0.25) is 0 Å². The van der Waals surface area contributed by atoms with Crippen LogP contribution in [0.25, 0.3) is 0 Å². The minimum absolute atomic E-state index is 0.312. The van der Waals surface area contributed by atoms with Crippen LogP contribution in [-0.4, -0.2) is 17.7 Å². The molecule has 0 fully saturated rings. The molecule has 0 radical (unpaired) electrons. The van der Waals surface area contributed by atoms with Gasteiger partial charge in [-0.25, -0.2) is 0 Å². The minimum atomic E-state index is -4.41. The van der Waals surface area contributed by atoms with Crippen molar-refractivity contribution < 1.29 is 13.2 Å². The van der Waals surface area contributed by atoms with Crippen LogP contribution in [0.5, 0.6) is 0 Å². The Morgan fingerprint density at radius 3 is 2.55 bits per heavy atom. The molecule has 0 spiro atoms. The first-order chi connectivity index (χ1) is 9.30. The molecule has 0 aromatic carbocycles. The van der Waals surface area contributed by atoms with Crippen molar-refractivity contribution in [2.24, 2.45) is 5.92 Å². The summed E-state index contributed by atoms with van der Waals surface area (Å²) in [4.78, 5) is 11.5. The SMILES string of the molecule is CC(C)CNCCCCn1cc(C(F)(F)F)ccc1=O. The van der Waals surface area contributed by atoms with Gasteiger partial charge in [-0.1, -0.05) is 13.8 Å². The van der Waals surface area contributed by atoms with Gasteiger partial charge in [-0.05, 0) is 37.9 Å². The number of rotatable bonds is 7. The maximum absolute atomic E-state index is 12.5. The third-order valence-corrected chi connectivity index (χ3v) is 2.87. The monoisotopic (exact) mass is 290 g/mol. The van der Waals surface area contributed by atoms with Crippen LogP contribution in [0.1, 0.15) is 32.3 Å². The number of alkyl halides is 3. The van der Waals surface area contributed by atoms with Gasteiger partial charge in [0, 0.05) is 18.8 Å². The van der Waals surface area contributed by atoms with Crippen LogP contribution >= 0.6 is 0 Å². The number of aryl methyl sites for hydroxylation is 1. The van der Waals surface area contributed by atoms with Crippen LogP contribution in [0.4, 0.5) is 13.2 Å². The zero-order valence-corrected chi connectivity index (χ0v) is 11.8. The Kier molecular flexibility index (Phi) is 6.26. The van der Waals surface area contributed by atoms with Gasteiger partial charge in [-0.2, -0.15) is 13.2 Å². The second-order valence-corrected chi connectivity index (χ2v) is 5.25. The third-order valence-electron chi connectivity index (χ3n) is 2.87. The number of hydrogen-bond donors (Lipinski definition) is 1. The van der Waals surface area contributed by atoms with E-state index in [1.54, 1.807) is 0 Å². The molecular formula is C14H21F3N2O. The Labute approximate surface area is 116 Å². The Bertz CT molecular complexity index is 466. The number of aromatic nitrogens is 1. The van der Waals surface area contributed by atoms with E-state index in [1.807, 2.05) is 0 Å². The second kappa shape index (κ2) is 7.47. The van der Waals surface area contributed by atoms with E-state index in [9.17, 15) is 18.0 Å². The van der Waals surface area contributed by atoms with Gasteiger partial charge in [0.15, 0.2) is 0 Å². The summed E-state index contributed by atoms with van der Waals surface area (Å²) in [6.07, 6.45) is -2.01. The lowest BCUT2D eigenvalue weighted by atomic mass is 10.2. The first-order valence-electron chi connectivity index (χ1n) is 6.79. The number of pyridine rings is 1. The van der Waals surface area contributed by atoms with Gasteiger partial charge >= 0.3 is 6.18 Å². The first-order valence-corrected chi connectivity index (χ1v) is 6.79. The second-order valence-electron chi connectivity index (χ2n) is 5.25. The van der Waals surface area contributed by atoms with Gasteiger partial charge in [0.25, 0.3) is 5.56 Å². The van der Waals surface area contributed by atoms with Crippen LogP contribution in [0, 0.1) is 5.92 Å². The Morgan fingerprint density at radius 2 is 1.95 bits per heavy atom. The zero-order valence-electron chi connectivity index (χ0n) is 11.8. The average Bonchev–Trinajstić information content (AvgIpc) is 2.33. The highest BCUT2D eigenvalue weighted by Crippen LogP contribution is 2.27. The Balaban J connectivity index is 2.46. The molecule has 3 nitrogen and oxygen atoms in total. The number of halogens is 3. The van der Waals surface area contributed by atoms with E-state index in [4.69, 9.17) is 0 Å². The molecule has 0 aliphatic carbocycles. The number of unbranched alkanes of at least 4 members (excludes halogenated alkanes) is 1. The van der Waals surface area contributed by atoms with Crippen molar-refractivity contribution in [1.82, 2.24) is 9.88 Å². The third kappa shape index (κ3) is 5.77. The fraction of sp³-hybridized carbons (Fsp3) is 0.643. The standard InChI is InChI=1S/C14H21F3N2O/c1-11(2)9-18-7-3-4-8-19-10-12(14(15,16)17)5-6-13(19)20/h5-6,10-11,18H,3-4,7-9H2,1-2H3. The lowest BCUT2D eigenvalue weighted by Gasteiger charge is -2.11. The van der Waals surface area contributed by atoms with Crippen molar-refractivity contribution in [3.05, 3.63) is 34.2 Å². The average molecular weight is 290 g/mol. The van der Waals surface area contributed by atoms with Crippen molar-refractivity contribution in [2.45, 2.75) is 39.4 Å². The molecule has 0 amide bonds. The molecule has 0 saturated carbocycles. The summed E-state index contributed by atoms with van der Waals surface area (Å²) in [5.74, 6) is 0.570. The predicted octanol–water partition coefficient (Wildman–Crippen LogP) is 2.89. The van der Waals surface area contributed by atoms with Crippen molar-refractivity contribution >= 4 is 0 Å². The largest absolute Gasteiger partial charge is 0.417 e. The van der Waals surface area contributed by atoms with E-state index in [0.29, 0.717) is 18.9 Å². The molecule has 6 heteroatoms. The van der Waals surface area contributed by atoms with E-state index in [2.05, 4.69) is 19.2 Å². The number of nitrogens with zero attached hydrogens (tertiary/aromatic N) is 1. The molecule has 0 atom stereocenters. The molecule has 1 aromatic rings.